The Morgan fingerprint density at radius 1 is 1.56 bits per heavy atom. The van der Waals surface area contributed by atoms with Gasteiger partial charge in [0.2, 0.25) is 5.91 Å². The molecule has 100 valence electrons. The van der Waals surface area contributed by atoms with Crippen LogP contribution in [-0.4, -0.2) is 52.6 Å². The summed E-state index contributed by atoms with van der Waals surface area (Å²) in [7, 11) is 1.87. The predicted molar refractivity (Wildman–Crippen MR) is 66.8 cm³/mol. The van der Waals surface area contributed by atoms with Crippen LogP contribution < -0.4 is 0 Å². The van der Waals surface area contributed by atoms with Crippen molar-refractivity contribution in [1.82, 2.24) is 9.80 Å². The van der Waals surface area contributed by atoms with Gasteiger partial charge in [-0.05, 0) is 33.0 Å². The van der Waals surface area contributed by atoms with Crippen molar-refractivity contribution in [3.05, 3.63) is 24.2 Å². The van der Waals surface area contributed by atoms with E-state index in [-0.39, 0.29) is 18.1 Å². The molecule has 0 aliphatic carbocycles. The minimum absolute atomic E-state index is 0.0485. The van der Waals surface area contributed by atoms with Crippen LogP contribution in [0, 0.1) is 0 Å². The number of aliphatic hydroxyl groups excluding tert-OH is 1. The first-order chi connectivity index (χ1) is 8.45. The number of piperazine rings is 1. The van der Waals surface area contributed by atoms with Gasteiger partial charge in [-0.15, -0.1) is 0 Å². The van der Waals surface area contributed by atoms with Crippen LogP contribution in [0.5, 0.6) is 0 Å². The van der Waals surface area contributed by atoms with Crippen molar-refractivity contribution in [2.75, 3.05) is 20.2 Å². The van der Waals surface area contributed by atoms with Crippen molar-refractivity contribution in [2.45, 2.75) is 32.0 Å². The third-order valence-electron chi connectivity index (χ3n) is 3.52. The molecular formula is C13H20N2O3. The minimum atomic E-state index is -0.451. The minimum Gasteiger partial charge on any atom is -0.467 e. The highest BCUT2D eigenvalue weighted by atomic mass is 16.3. The van der Waals surface area contributed by atoms with Crippen molar-refractivity contribution < 1.29 is 14.3 Å². The van der Waals surface area contributed by atoms with E-state index in [1.807, 2.05) is 37.9 Å². The highest BCUT2D eigenvalue weighted by Gasteiger charge is 2.43. The molecule has 2 rings (SSSR count). The maximum Gasteiger partial charge on any atom is 0.243 e. The monoisotopic (exact) mass is 252 g/mol. The fourth-order valence-electron chi connectivity index (χ4n) is 2.54. The van der Waals surface area contributed by atoms with E-state index in [2.05, 4.69) is 0 Å². The number of likely N-dealkylation sites (N-methyl/N-ethyl adjacent to an activating group) is 1. The summed E-state index contributed by atoms with van der Waals surface area (Å²) in [5, 5.41) is 9.33. The molecule has 18 heavy (non-hydrogen) atoms. The van der Waals surface area contributed by atoms with E-state index < -0.39 is 6.04 Å². The summed E-state index contributed by atoms with van der Waals surface area (Å²) in [6.45, 7) is 5.07. The summed E-state index contributed by atoms with van der Waals surface area (Å²) in [5.74, 6) is 0.713. The van der Waals surface area contributed by atoms with Crippen molar-refractivity contribution in [3.8, 4) is 0 Å². The molecule has 1 aromatic heterocycles. The number of furan rings is 1. The zero-order chi connectivity index (χ0) is 13.3. The molecule has 1 aromatic rings. The molecule has 1 amide bonds. The third-order valence-corrected chi connectivity index (χ3v) is 3.52. The molecule has 1 fully saturated rings. The van der Waals surface area contributed by atoms with E-state index in [4.69, 9.17) is 4.42 Å². The van der Waals surface area contributed by atoms with E-state index in [1.54, 1.807) is 11.2 Å². The first kappa shape index (κ1) is 13.1. The van der Waals surface area contributed by atoms with Crippen LogP contribution in [0.1, 0.15) is 19.6 Å². The average Bonchev–Trinajstić information content (AvgIpc) is 2.76. The number of carbonyl (C=O) groups excluding carboxylic acids is 1. The van der Waals surface area contributed by atoms with Crippen molar-refractivity contribution in [2.24, 2.45) is 0 Å². The van der Waals surface area contributed by atoms with Gasteiger partial charge >= 0.3 is 0 Å². The van der Waals surface area contributed by atoms with E-state index >= 15 is 0 Å². The number of hydrogen-bond donors (Lipinski definition) is 1. The molecular weight excluding hydrogens is 232 g/mol. The van der Waals surface area contributed by atoms with Crippen molar-refractivity contribution in [1.29, 1.82) is 0 Å². The Labute approximate surface area is 107 Å². The Kier molecular flexibility index (Phi) is 3.45. The summed E-state index contributed by atoms with van der Waals surface area (Å²) in [6.07, 6.45) is 1.60. The van der Waals surface area contributed by atoms with E-state index in [1.165, 1.54) is 0 Å². The van der Waals surface area contributed by atoms with Gasteiger partial charge in [-0.25, -0.2) is 0 Å². The lowest BCUT2D eigenvalue weighted by Crippen LogP contribution is -2.65. The highest BCUT2D eigenvalue weighted by molar-refractivity contribution is 5.83. The quantitative estimate of drug-likeness (QED) is 0.860. The van der Waals surface area contributed by atoms with Crippen LogP contribution in [0.3, 0.4) is 0 Å². The van der Waals surface area contributed by atoms with Gasteiger partial charge in [0.1, 0.15) is 11.8 Å². The van der Waals surface area contributed by atoms with Gasteiger partial charge in [0.05, 0.1) is 25.0 Å². The average molecular weight is 252 g/mol. The fraction of sp³-hybridized carbons (Fsp3) is 0.615. The second-order valence-electron chi connectivity index (χ2n) is 5.43. The Morgan fingerprint density at radius 2 is 2.28 bits per heavy atom. The molecule has 0 bridgehead atoms. The number of carbonyl (C=O) groups is 1. The van der Waals surface area contributed by atoms with Gasteiger partial charge in [0.15, 0.2) is 0 Å². The first-order valence-corrected chi connectivity index (χ1v) is 6.10. The maximum atomic E-state index is 12.4. The van der Waals surface area contributed by atoms with E-state index in [9.17, 15) is 9.90 Å². The fourth-order valence-corrected chi connectivity index (χ4v) is 2.54. The molecule has 5 nitrogen and oxygen atoms in total. The van der Waals surface area contributed by atoms with Crippen LogP contribution in [0.4, 0.5) is 0 Å². The van der Waals surface area contributed by atoms with Crippen molar-refractivity contribution in [3.63, 3.8) is 0 Å². The van der Waals surface area contributed by atoms with Crippen LogP contribution in [0.2, 0.25) is 0 Å². The first-order valence-electron chi connectivity index (χ1n) is 6.10. The molecule has 1 N–H and O–H groups in total. The molecule has 1 atom stereocenters. The van der Waals surface area contributed by atoms with Gasteiger partial charge in [0.25, 0.3) is 0 Å². The topological polar surface area (TPSA) is 56.9 Å². The zero-order valence-electron chi connectivity index (χ0n) is 11.1. The predicted octanol–water partition coefficient (Wildman–Crippen LogP) is 0.693. The summed E-state index contributed by atoms with van der Waals surface area (Å²) in [4.78, 5) is 16.1. The lowest BCUT2D eigenvalue weighted by molar-refractivity contribution is -0.153. The summed E-state index contributed by atoms with van der Waals surface area (Å²) < 4.78 is 5.30. The number of hydrogen-bond acceptors (Lipinski definition) is 4. The lowest BCUT2D eigenvalue weighted by atomic mass is 9.95. The summed E-state index contributed by atoms with van der Waals surface area (Å²) >= 11 is 0. The Balaban J connectivity index is 2.22. The molecule has 1 aliphatic heterocycles. The number of amides is 1. The number of rotatable bonds is 3. The standard InChI is InChI=1S/C13H20N2O3/c1-13(2)9-14(3)11(8-16)12(17)15(13)7-10-5-4-6-18-10/h4-6,11,16H,7-9H2,1-3H3. The van der Waals surface area contributed by atoms with Crippen molar-refractivity contribution >= 4 is 5.91 Å². The van der Waals surface area contributed by atoms with Gasteiger partial charge < -0.3 is 14.4 Å². The molecule has 5 heteroatoms. The highest BCUT2D eigenvalue weighted by Crippen LogP contribution is 2.26. The van der Waals surface area contributed by atoms with Gasteiger partial charge in [-0.3, -0.25) is 9.69 Å². The lowest BCUT2D eigenvalue weighted by Gasteiger charge is -2.48. The SMILES string of the molecule is CN1CC(C)(C)N(Cc2ccco2)C(=O)C1CO. The van der Waals surface area contributed by atoms with Gasteiger partial charge in [-0.1, -0.05) is 0 Å². The summed E-state index contributed by atoms with van der Waals surface area (Å²) in [6, 6.07) is 3.22. The maximum absolute atomic E-state index is 12.4. The third kappa shape index (κ3) is 2.28. The Hall–Kier alpha value is -1.33. The number of nitrogens with zero attached hydrogens (tertiary/aromatic N) is 2. The largest absolute Gasteiger partial charge is 0.467 e. The van der Waals surface area contributed by atoms with Crippen LogP contribution in [0.15, 0.2) is 22.8 Å². The van der Waals surface area contributed by atoms with Crippen LogP contribution >= 0.6 is 0 Å². The smallest absolute Gasteiger partial charge is 0.243 e. The molecule has 0 aromatic carbocycles. The molecule has 0 saturated carbocycles. The molecule has 1 unspecified atom stereocenters. The van der Waals surface area contributed by atoms with E-state index in [0.717, 1.165) is 12.3 Å². The normalized spacial score (nSPS) is 24.6. The summed E-state index contributed by atoms with van der Waals surface area (Å²) in [5.41, 5.74) is -0.274. The molecule has 0 radical (unpaired) electrons. The number of aliphatic hydroxyl groups is 1. The Morgan fingerprint density at radius 3 is 2.83 bits per heavy atom. The van der Waals surface area contributed by atoms with Gasteiger partial charge in [0, 0.05) is 6.54 Å². The molecule has 0 spiro atoms. The second-order valence-corrected chi connectivity index (χ2v) is 5.43. The van der Waals surface area contributed by atoms with Gasteiger partial charge in [-0.2, -0.15) is 0 Å². The molecule has 1 saturated heterocycles. The van der Waals surface area contributed by atoms with Crippen LogP contribution in [0.25, 0.3) is 0 Å². The van der Waals surface area contributed by atoms with Crippen LogP contribution in [-0.2, 0) is 11.3 Å². The Bertz CT molecular complexity index is 414. The molecule has 2 heterocycles. The molecule has 1 aliphatic rings. The second kappa shape index (κ2) is 4.74. The zero-order valence-corrected chi connectivity index (χ0v) is 11.1. The van der Waals surface area contributed by atoms with E-state index in [0.29, 0.717) is 6.54 Å².